The predicted octanol–water partition coefficient (Wildman–Crippen LogP) is 5.57. The molecule has 10 nitrogen and oxygen atoms in total. The van der Waals surface area contributed by atoms with Crippen LogP contribution < -0.4 is 14.2 Å². The van der Waals surface area contributed by atoms with E-state index in [0.717, 1.165) is 38.5 Å². The molecule has 1 aliphatic rings. The Morgan fingerprint density at radius 1 is 0.659 bits per heavy atom. The summed E-state index contributed by atoms with van der Waals surface area (Å²) in [7, 11) is 0. The first kappa shape index (κ1) is 34.2. The second-order valence-electron chi connectivity index (χ2n) is 10.6. The van der Waals surface area contributed by atoms with Gasteiger partial charge in [-0.05, 0) is 37.8 Å². The molecule has 230 valence electrons. The van der Waals surface area contributed by atoms with Crippen LogP contribution in [0, 0.1) is 0 Å². The van der Waals surface area contributed by atoms with Gasteiger partial charge in [0.15, 0.2) is 11.5 Å². The van der Waals surface area contributed by atoms with Gasteiger partial charge in [-0.1, -0.05) is 59.3 Å². The van der Waals surface area contributed by atoms with E-state index in [1.807, 2.05) is 20.8 Å². The van der Waals surface area contributed by atoms with Crippen molar-refractivity contribution in [1.82, 2.24) is 0 Å². The van der Waals surface area contributed by atoms with Crippen LogP contribution in [0.5, 0.6) is 17.2 Å². The van der Waals surface area contributed by atoms with Crippen molar-refractivity contribution in [1.29, 1.82) is 0 Å². The quantitative estimate of drug-likeness (QED) is 0.137. The zero-order chi connectivity index (χ0) is 30.2. The van der Waals surface area contributed by atoms with E-state index in [-0.39, 0.29) is 61.3 Å². The molecule has 0 spiro atoms. The zero-order valence-corrected chi connectivity index (χ0v) is 24.7. The van der Waals surface area contributed by atoms with E-state index >= 15 is 0 Å². The standard InChI is InChI=1S/C31H46O10/c1-4-7-10-13-27(34)39-25-16-21(31(37)38-24-19-22(32)18-23(33)20-24)17-26(40-28(35)14-11-8-5-2)30(25)41-29(36)15-12-9-6-3/h16-17,22-24,32-33H,4-15,18-20H2,1-3H3/t22-,23+,24?. The van der Waals surface area contributed by atoms with Gasteiger partial charge in [0.1, 0.15) is 6.10 Å². The highest BCUT2D eigenvalue weighted by atomic mass is 16.6. The second kappa shape index (κ2) is 18.5. The molecule has 2 rings (SSSR count). The smallest absolute Gasteiger partial charge is 0.338 e. The number of aliphatic hydroxyl groups is 2. The third kappa shape index (κ3) is 12.6. The number of carbonyl (C=O) groups excluding carboxylic acids is 4. The topological polar surface area (TPSA) is 146 Å². The lowest BCUT2D eigenvalue weighted by atomic mass is 9.92. The minimum atomic E-state index is -0.830. The van der Waals surface area contributed by atoms with E-state index in [0.29, 0.717) is 19.3 Å². The molecule has 1 unspecified atom stereocenters. The van der Waals surface area contributed by atoms with E-state index in [1.54, 1.807) is 0 Å². The van der Waals surface area contributed by atoms with Gasteiger partial charge in [-0.15, -0.1) is 0 Å². The van der Waals surface area contributed by atoms with Crippen molar-refractivity contribution in [3.63, 3.8) is 0 Å². The number of ether oxygens (including phenoxy) is 4. The molecular formula is C31H46O10. The summed E-state index contributed by atoms with van der Waals surface area (Å²) in [5, 5.41) is 20.0. The lowest BCUT2D eigenvalue weighted by Crippen LogP contribution is -2.35. The Balaban J connectivity index is 2.43. The summed E-state index contributed by atoms with van der Waals surface area (Å²) in [6, 6.07) is 2.44. The molecule has 1 aromatic rings. The van der Waals surface area contributed by atoms with Gasteiger partial charge in [-0.2, -0.15) is 0 Å². The van der Waals surface area contributed by atoms with Crippen molar-refractivity contribution in [3.05, 3.63) is 17.7 Å². The number of carbonyl (C=O) groups is 4. The summed E-state index contributed by atoms with van der Waals surface area (Å²) in [6.45, 7) is 6.01. The van der Waals surface area contributed by atoms with E-state index in [4.69, 9.17) is 18.9 Å². The lowest BCUT2D eigenvalue weighted by molar-refractivity contribution is -0.138. The fourth-order valence-electron chi connectivity index (χ4n) is 4.54. The largest absolute Gasteiger partial charge is 0.459 e. The van der Waals surface area contributed by atoms with Gasteiger partial charge in [0.25, 0.3) is 0 Å². The van der Waals surface area contributed by atoms with Gasteiger partial charge in [0, 0.05) is 32.1 Å². The molecule has 3 atom stereocenters. The molecular weight excluding hydrogens is 532 g/mol. The van der Waals surface area contributed by atoms with Crippen LogP contribution >= 0.6 is 0 Å². The second-order valence-corrected chi connectivity index (χ2v) is 10.6. The molecule has 0 aliphatic heterocycles. The molecule has 1 aliphatic carbocycles. The van der Waals surface area contributed by atoms with E-state index in [2.05, 4.69) is 0 Å². The van der Waals surface area contributed by atoms with Crippen LogP contribution in [0.25, 0.3) is 0 Å². The Kier molecular flexibility index (Phi) is 15.4. The van der Waals surface area contributed by atoms with Crippen molar-refractivity contribution in [2.45, 2.75) is 135 Å². The molecule has 1 fully saturated rings. The van der Waals surface area contributed by atoms with Crippen LogP contribution in [-0.2, 0) is 19.1 Å². The molecule has 0 aromatic heterocycles. The number of unbranched alkanes of at least 4 members (excludes halogenated alkanes) is 6. The first-order chi connectivity index (χ1) is 19.7. The average Bonchev–Trinajstić information content (AvgIpc) is 2.90. The first-order valence-electron chi connectivity index (χ1n) is 15.0. The Morgan fingerprint density at radius 2 is 1.07 bits per heavy atom. The number of rotatable bonds is 17. The first-order valence-corrected chi connectivity index (χ1v) is 15.0. The summed E-state index contributed by atoms with van der Waals surface area (Å²) < 4.78 is 22.2. The molecule has 1 aromatic carbocycles. The molecule has 0 bridgehead atoms. The van der Waals surface area contributed by atoms with Gasteiger partial charge >= 0.3 is 23.9 Å². The molecule has 1 saturated carbocycles. The SMILES string of the molecule is CCCCCC(=O)Oc1cc(C(=O)OC2C[C@@H](O)C[C@@H](O)C2)cc(OC(=O)CCCCC)c1OC(=O)CCCCC. The summed E-state index contributed by atoms with van der Waals surface area (Å²) in [5.41, 5.74) is -0.0990. The van der Waals surface area contributed by atoms with Crippen molar-refractivity contribution < 1.29 is 48.3 Å². The Hall–Kier alpha value is -2.98. The van der Waals surface area contributed by atoms with Gasteiger partial charge in [-0.3, -0.25) is 14.4 Å². The van der Waals surface area contributed by atoms with Gasteiger partial charge in [0.2, 0.25) is 5.75 Å². The van der Waals surface area contributed by atoms with E-state index in [1.165, 1.54) is 12.1 Å². The fourth-order valence-corrected chi connectivity index (χ4v) is 4.54. The average molecular weight is 579 g/mol. The zero-order valence-electron chi connectivity index (χ0n) is 24.7. The van der Waals surface area contributed by atoms with Crippen LogP contribution in [-0.4, -0.2) is 52.4 Å². The van der Waals surface area contributed by atoms with Crippen LogP contribution in [0.1, 0.15) is 127 Å². The van der Waals surface area contributed by atoms with Crippen LogP contribution in [0.15, 0.2) is 12.1 Å². The van der Waals surface area contributed by atoms with E-state index in [9.17, 15) is 29.4 Å². The van der Waals surface area contributed by atoms with Crippen molar-refractivity contribution in [2.75, 3.05) is 0 Å². The maximum Gasteiger partial charge on any atom is 0.338 e. The van der Waals surface area contributed by atoms with Crippen LogP contribution in [0.4, 0.5) is 0 Å². The molecule has 0 radical (unpaired) electrons. The summed E-state index contributed by atoms with van der Waals surface area (Å²) in [6.07, 6.45) is 5.42. The maximum absolute atomic E-state index is 13.2. The number of aliphatic hydroxyl groups excluding tert-OH is 2. The Morgan fingerprint density at radius 3 is 1.49 bits per heavy atom. The maximum atomic E-state index is 13.2. The summed E-state index contributed by atoms with van der Waals surface area (Å²) >= 11 is 0. The summed E-state index contributed by atoms with van der Waals surface area (Å²) in [4.78, 5) is 51.2. The normalized spacial score (nSPS) is 18.4. The minimum absolute atomic E-state index is 0.0990. The van der Waals surface area contributed by atoms with Gasteiger partial charge in [-0.25, -0.2) is 4.79 Å². The van der Waals surface area contributed by atoms with E-state index < -0.39 is 42.2 Å². The fraction of sp³-hybridized carbons (Fsp3) is 0.677. The number of hydrogen-bond donors (Lipinski definition) is 2. The highest BCUT2D eigenvalue weighted by Crippen LogP contribution is 2.40. The minimum Gasteiger partial charge on any atom is -0.459 e. The highest BCUT2D eigenvalue weighted by molar-refractivity contribution is 5.92. The third-order valence-electron chi connectivity index (χ3n) is 6.76. The number of benzene rings is 1. The van der Waals surface area contributed by atoms with Gasteiger partial charge < -0.3 is 29.2 Å². The highest BCUT2D eigenvalue weighted by Gasteiger charge is 2.31. The summed E-state index contributed by atoms with van der Waals surface area (Å²) in [5.74, 6) is -3.32. The van der Waals surface area contributed by atoms with Crippen molar-refractivity contribution in [3.8, 4) is 17.2 Å². The van der Waals surface area contributed by atoms with Crippen molar-refractivity contribution >= 4 is 23.9 Å². The molecule has 0 heterocycles. The lowest BCUT2D eigenvalue weighted by Gasteiger charge is -2.29. The Labute approximate surface area is 242 Å². The Bertz CT molecular complexity index is 950. The van der Waals surface area contributed by atoms with Gasteiger partial charge in [0.05, 0.1) is 17.8 Å². The molecule has 10 heteroatoms. The monoisotopic (exact) mass is 578 g/mol. The molecule has 41 heavy (non-hydrogen) atoms. The molecule has 0 amide bonds. The van der Waals surface area contributed by atoms with Crippen LogP contribution in [0.2, 0.25) is 0 Å². The predicted molar refractivity (Wildman–Crippen MR) is 151 cm³/mol. The molecule has 0 saturated heterocycles. The van der Waals surface area contributed by atoms with Crippen LogP contribution in [0.3, 0.4) is 0 Å². The third-order valence-corrected chi connectivity index (χ3v) is 6.76. The van der Waals surface area contributed by atoms with Crippen molar-refractivity contribution in [2.24, 2.45) is 0 Å². The molecule has 2 N–H and O–H groups in total. The number of esters is 4. The number of hydrogen-bond acceptors (Lipinski definition) is 10.